The molecule has 0 saturated heterocycles. The molecule has 27 heavy (non-hydrogen) atoms. The first-order valence-corrected chi connectivity index (χ1v) is 9.08. The van der Waals surface area contributed by atoms with Crippen LogP contribution >= 0.6 is 11.6 Å². The number of aromatic nitrogens is 4. The highest BCUT2D eigenvalue weighted by molar-refractivity contribution is 6.31. The Morgan fingerprint density at radius 1 is 1.26 bits per heavy atom. The lowest BCUT2D eigenvalue weighted by Crippen LogP contribution is -2.45. The molecule has 9 heteroatoms. The van der Waals surface area contributed by atoms with E-state index in [9.17, 15) is 14.6 Å². The van der Waals surface area contributed by atoms with Gasteiger partial charge in [0, 0.05) is 30.4 Å². The molecule has 1 aliphatic carbocycles. The van der Waals surface area contributed by atoms with E-state index in [4.69, 9.17) is 11.6 Å². The van der Waals surface area contributed by atoms with Crippen LogP contribution in [0.1, 0.15) is 19.3 Å². The second-order valence-electron chi connectivity index (χ2n) is 6.81. The van der Waals surface area contributed by atoms with Crippen molar-refractivity contribution in [3.8, 4) is 11.4 Å². The number of hydrogen-bond donors (Lipinski definition) is 3. The molecule has 0 aromatic carbocycles. The lowest BCUT2D eigenvalue weighted by atomic mass is 9.90. The van der Waals surface area contributed by atoms with E-state index in [1.807, 2.05) is 17.8 Å². The lowest BCUT2D eigenvalue weighted by molar-refractivity contribution is -0.0162. The number of aliphatic hydroxyl groups excluding tert-OH is 2. The molecule has 3 heterocycles. The summed E-state index contributed by atoms with van der Waals surface area (Å²) in [6, 6.07) is 1.29. The van der Waals surface area contributed by atoms with Crippen molar-refractivity contribution in [2.45, 2.75) is 37.5 Å². The summed E-state index contributed by atoms with van der Waals surface area (Å²) in [5.41, 5.74) is 1.39. The zero-order chi connectivity index (χ0) is 19.1. The molecule has 3 N–H and O–H groups in total. The number of nitrogens with zero attached hydrogens (tertiary/aromatic N) is 4. The van der Waals surface area contributed by atoms with Crippen molar-refractivity contribution in [2.24, 2.45) is 7.05 Å². The van der Waals surface area contributed by atoms with Gasteiger partial charge in [-0.3, -0.25) is 0 Å². The lowest BCUT2D eigenvalue weighted by Gasteiger charge is -2.32. The predicted octanol–water partition coefficient (Wildman–Crippen LogP) is 2.51. The SMILES string of the molecule is Cn1cc(-c2ncc(F)c(N[C@H]3CCC[C@@H](O)[C@@H]3O)n2)c2cc(Cl)cnc21. The smallest absolute Gasteiger partial charge is 0.183 e. The molecule has 4 rings (SSSR count). The van der Waals surface area contributed by atoms with Gasteiger partial charge in [-0.15, -0.1) is 0 Å². The Balaban J connectivity index is 1.72. The molecule has 3 aromatic heterocycles. The van der Waals surface area contributed by atoms with Gasteiger partial charge in [-0.1, -0.05) is 11.6 Å². The van der Waals surface area contributed by atoms with Gasteiger partial charge in [-0.2, -0.15) is 0 Å². The third-order valence-corrected chi connectivity index (χ3v) is 5.12. The summed E-state index contributed by atoms with van der Waals surface area (Å²) in [5, 5.41) is 24.1. The Morgan fingerprint density at radius 2 is 2.07 bits per heavy atom. The first kappa shape index (κ1) is 18.1. The summed E-state index contributed by atoms with van der Waals surface area (Å²) >= 11 is 6.07. The molecule has 3 aromatic rings. The number of rotatable bonds is 3. The van der Waals surface area contributed by atoms with Crippen LogP contribution < -0.4 is 5.32 Å². The van der Waals surface area contributed by atoms with Crippen LogP contribution in [0.2, 0.25) is 5.02 Å². The molecule has 1 aliphatic rings. The van der Waals surface area contributed by atoms with Crippen LogP contribution in [0.25, 0.3) is 22.4 Å². The number of nitrogens with one attached hydrogen (secondary N) is 1. The van der Waals surface area contributed by atoms with Crippen molar-refractivity contribution < 1.29 is 14.6 Å². The van der Waals surface area contributed by atoms with Crippen LogP contribution in [-0.4, -0.2) is 48.0 Å². The maximum Gasteiger partial charge on any atom is 0.183 e. The largest absolute Gasteiger partial charge is 0.390 e. The zero-order valence-electron chi connectivity index (χ0n) is 14.6. The number of pyridine rings is 1. The molecule has 0 aliphatic heterocycles. The van der Waals surface area contributed by atoms with Crippen LogP contribution in [0, 0.1) is 5.82 Å². The normalized spacial score (nSPS) is 22.9. The van der Waals surface area contributed by atoms with Gasteiger partial charge in [0.05, 0.1) is 29.5 Å². The van der Waals surface area contributed by atoms with Gasteiger partial charge in [0.1, 0.15) is 5.65 Å². The number of fused-ring (bicyclic) bond motifs is 1. The Hall–Kier alpha value is -2.29. The summed E-state index contributed by atoms with van der Waals surface area (Å²) in [5.74, 6) is -0.313. The molecule has 0 radical (unpaired) electrons. The first-order valence-electron chi connectivity index (χ1n) is 8.70. The van der Waals surface area contributed by atoms with Crippen molar-refractivity contribution in [3.05, 3.63) is 35.5 Å². The summed E-state index contributed by atoms with van der Waals surface area (Å²) < 4.78 is 16.1. The summed E-state index contributed by atoms with van der Waals surface area (Å²) in [6.45, 7) is 0. The predicted molar refractivity (Wildman–Crippen MR) is 100.0 cm³/mol. The summed E-state index contributed by atoms with van der Waals surface area (Å²) in [6.07, 6.45) is 4.54. The van der Waals surface area contributed by atoms with Gasteiger partial charge in [-0.25, -0.2) is 19.3 Å². The van der Waals surface area contributed by atoms with Crippen LogP contribution in [0.15, 0.2) is 24.7 Å². The van der Waals surface area contributed by atoms with E-state index in [-0.39, 0.29) is 5.82 Å². The molecule has 142 valence electrons. The summed E-state index contributed by atoms with van der Waals surface area (Å²) in [7, 11) is 1.84. The molecule has 0 amide bonds. The Kier molecular flexibility index (Phi) is 4.71. The topological polar surface area (TPSA) is 96.1 Å². The Morgan fingerprint density at radius 3 is 2.89 bits per heavy atom. The van der Waals surface area contributed by atoms with E-state index in [1.54, 1.807) is 12.3 Å². The van der Waals surface area contributed by atoms with Gasteiger partial charge in [0.15, 0.2) is 17.5 Å². The number of halogens is 2. The number of hydrogen-bond acceptors (Lipinski definition) is 6. The minimum Gasteiger partial charge on any atom is -0.390 e. The fourth-order valence-corrected chi connectivity index (χ4v) is 3.66. The van der Waals surface area contributed by atoms with Gasteiger partial charge >= 0.3 is 0 Å². The van der Waals surface area contributed by atoms with Crippen molar-refractivity contribution in [1.29, 1.82) is 0 Å². The Labute approximate surface area is 159 Å². The molecule has 1 fully saturated rings. The number of aryl methyl sites for hydroxylation is 1. The minimum absolute atomic E-state index is 0.00913. The van der Waals surface area contributed by atoms with Crippen LogP contribution in [-0.2, 0) is 7.05 Å². The van der Waals surface area contributed by atoms with E-state index in [0.29, 0.717) is 34.9 Å². The van der Waals surface area contributed by atoms with E-state index in [2.05, 4.69) is 20.3 Å². The average molecular weight is 392 g/mol. The van der Waals surface area contributed by atoms with Crippen LogP contribution in [0.3, 0.4) is 0 Å². The van der Waals surface area contributed by atoms with Crippen LogP contribution in [0.5, 0.6) is 0 Å². The second kappa shape index (κ2) is 7.03. The quantitative estimate of drug-likeness (QED) is 0.635. The third kappa shape index (κ3) is 3.36. The number of aliphatic hydroxyl groups is 2. The highest BCUT2D eigenvalue weighted by Gasteiger charge is 2.31. The molecule has 0 spiro atoms. The molecular weight excluding hydrogens is 373 g/mol. The second-order valence-corrected chi connectivity index (χ2v) is 7.24. The maximum atomic E-state index is 14.3. The van der Waals surface area contributed by atoms with E-state index in [1.165, 1.54) is 0 Å². The fourth-order valence-electron chi connectivity index (χ4n) is 3.50. The third-order valence-electron chi connectivity index (χ3n) is 4.91. The van der Waals surface area contributed by atoms with Gasteiger partial charge in [0.2, 0.25) is 0 Å². The van der Waals surface area contributed by atoms with Crippen LogP contribution in [0.4, 0.5) is 10.2 Å². The van der Waals surface area contributed by atoms with Crippen molar-refractivity contribution >= 4 is 28.5 Å². The van der Waals surface area contributed by atoms with Crippen molar-refractivity contribution in [1.82, 2.24) is 19.5 Å². The Bertz CT molecular complexity index is 995. The molecule has 0 bridgehead atoms. The maximum absolute atomic E-state index is 14.3. The monoisotopic (exact) mass is 391 g/mol. The first-order chi connectivity index (χ1) is 12.9. The molecule has 1 saturated carbocycles. The molecular formula is C18H19ClFN5O2. The standard InChI is InChI=1S/C18H19ClFN5O2/c1-25-8-11(10-5-9(19)6-22-18(10)25)16-21-7-12(20)17(24-16)23-13-3-2-4-14(26)15(13)27/h5-8,13-15,26-27H,2-4H2,1H3,(H,21,23,24)/t13-,14+,15+/m0/s1. The van der Waals surface area contributed by atoms with Crippen molar-refractivity contribution in [3.63, 3.8) is 0 Å². The number of anilines is 1. The van der Waals surface area contributed by atoms with Gasteiger partial charge in [-0.05, 0) is 25.3 Å². The highest BCUT2D eigenvalue weighted by Crippen LogP contribution is 2.30. The fraction of sp³-hybridized carbons (Fsp3) is 0.389. The van der Waals surface area contributed by atoms with Gasteiger partial charge in [0.25, 0.3) is 0 Å². The van der Waals surface area contributed by atoms with Crippen molar-refractivity contribution in [2.75, 3.05) is 5.32 Å². The molecule has 0 unspecified atom stereocenters. The molecule has 3 atom stereocenters. The van der Waals surface area contributed by atoms with Gasteiger partial charge < -0.3 is 20.1 Å². The minimum atomic E-state index is -0.975. The van der Waals surface area contributed by atoms with E-state index < -0.39 is 24.1 Å². The average Bonchev–Trinajstić information content (AvgIpc) is 2.96. The molecule has 7 nitrogen and oxygen atoms in total. The van der Waals surface area contributed by atoms with E-state index >= 15 is 0 Å². The zero-order valence-corrected chi connectivity index (χ0v) is 15.4. The summed E-state index contributed by atoms with van der Waals surface area (Å²) in [4.78, 5) is 12.7. The van der Waals surface area contributed by atoms with E-state index in [0.717, 1.165) is 18.0 Å². The highest BCUT2D eigenvalue weighted by atomic mass is 35.5.